The summed E-state index contributed by atoms with van der Waals surface area (Å²) in [5, 5.41) is 3.36. The molecule has 0 atom stereocenters. The Balaban J connectivity index is 1.80. The van der Waals surface area contributed by atoms with Crippen molar-refractivity contribution in [3.63, 3.8) is 0 Å². The molecule has 1 aromatic rings. The second-order valence-electron chi connectivity index (χ2n) is 5.35. The fraction of sp³-hybridized carbons (Fsp3) is 0.562. The van der Waals surface area contributed by atoms with Crippen LogP contribution in [0.3, 0.4) is 0 Å². The molecule has 1 aromatic carbocycles. The predicted octanol–water partition coefficient (Wildman–Crippen LogP) is 3.71. The van der Waals surface area contributed by atoms with Crippen molar-refractivity contribution in [3.8, 4) is 0 Å². The molecule has 0 aliphatic heterocycles. The number of rotatable bonds is 4. The number of ketones is 1. The van der Waals surface area contributed by atoms with Gasteiger partial charge in [0.05, 0.1) is 6.54 Å². The van der Waals surface area contributed by atoms with Crippen molar-refractivity contribution in [2.24, 2.45) is 0 Å². The van der Waals surface area contributed by atoms with Gasteiger partial charge in [0, 0.05) is 11.6 Å². The highest BCUT2D eigenvalue weighted by molar-refractivity contribution is 5.97. The van der Waals surface area contributed by atoms with Crippen LogP contribution in [0.4, 0.5) is 4.39 Å². The van der Waals surface area contributed by atoms with Gasteiger partial charge in [-0.1, -0.05) is 32.1 Å². The molecule has 0 saturated heterocycles. The van der Waals surface area contributed by atoms with Crippen molar-refractivity contribution in [2.75, 3.05) is 6.54 Å². The largest absolute Gasteiger partial charge is 0.307 e. The van der Waals surface area contributed by atoms with E-state index >= 15 is 0 Å². The SMILES string of the molecule is O=C(CNC1CCCCCCC1)c1ccc(F)cc1. The molecule has 0 heterocycles. The van der Waals surface area contributed by atoms with Crippen LogP contribution in [0.15, 0.2) is 24.3 Å². The number of halogens is 1. The molecule has 0 aromatic heterocycles. The van der Waals surface area contributed by atoms with E-state index in [0.29, 0.717) is 18.2 Å². The second-order valence-corrected chi connectivity index (χ2v) is 5.35. The predicted molar refractivity (Wildman–Crippen MR) is 74.8 cm³/mol. The molecule has 0 bridgehead atoms. The standard InChI is InChI=1S/C16H22FNO/c17-14-10-8-13(9-11-14)16(19)12-18-15-6-4-2-1-3-5-7-15/h8-11,15,18H,1-7,12H2. The van der Waals surface area contributed by atoms with Gasteiger partial charge in [0.1, 0.15) is 5.82 Å². The third-order valence-corrected chi connectivity index (χ3v) is 3.82. The molecule has 1 fully saturated rings. The molecular formula is C16H22FNO. The van der Waals surface area contributed by atoms with Crippen LogP contribution >= 0.6 is 0 Å². The number of nitrogens with one attached hydrogen (secondary N) is 1. The molecule has 104 valence electrons. The maximum absolute atomic E-state index is 12.8. The fourth-order valence-corrected chi connectivity index (χ4v) is 2.64. The summed E-state index contributed by atoms with van der Waals surface area (Å²) in [5.41, 5.74) is 0.583. The maximum Gasteiger partial charge on any atom is 0.176 e. The van der Waals surface area contributed by atoms with Crippen LogP contribution < -0.4 is 5.32 Å². The van der Waals surface area contributed by atoms with Crippen molar-refractivity contribution in [1.29, 1.82) is 0 Å². The van der Waals surface area contributed by atoms with Crippen molar-refractivity contribution < 1.29 is 9.18 Å². The van der Waals surface area contributed by atoms with Crippen LogP contribution in [-0.4, -0.2) is 18.4 Å². The second kappa shape index (κ2) is 7.39. The lowest BCUT2D eigenvalue weighted by Gasteiger charge is -2.20. The first kappa shape index (κ1) is 14.2. The first-order valence-corrected chi connectivity index (χ1v) is 7.28. The quantitative estimate of drug-likeness (QED) is 0.839. The Morgan fingerprint density at radius 3 is 2.26 bits per heavy atom. The number of Topliss-reactive ketones (excluding diaryl/α,β-unsaturated/α-hetero) is 1. The Labute approximate surface area is 114 Å². The van der Waals surface area contributed by atoms with Crippen LogP contribution in [-0.2, 0) is 0 Å². The molecule has 0 amide bonds. The Morgan fingerprint density at radius 2 is 1.63 bits per heavy atom. The highest BCUT2D eigenvalue weighted by atomic mass is 19.1. The summed E-state index contributed by atoms with van der Waals surface area (Å²) in [5.74, 6) is -0.258. The van der Waals surface area contributed by atoms with E-state index in [0.717, 1.165) is 12.8 Å². The van der Waals surface area contributed by atoms with Gasteiger partial charge in [-0.25, -0.2) is 4.39 Å². The van der Waals surface area contributed by atoms with Gasteiger partial charge in [-0.2, -0.15) is 0 Å². The van der Waals surface area contributed by atoms with E-state index in [1.807, 2.05) is 0 Å². The van der Waals surface area contributed by atoms with Gasteiger partial charge < -0.3 is 5.32 Å². The smallest absolute Gasteiger partial charge is 0.176 e. The molecule has 3 heteroatoms. The minimum Gasteiger partial charge on any atom is -0.307 e. The number of hydrogen-bond donors (Lipinski definition) is 1. The summed E-state index contributed by atoms with van der Waals surface area (Å²) in [7, 11) is 0. The molecule has 1 aliphatic rings. The summed E-state index contributed by atoms with van der Waals surface area (Å²) in [6, 6.07) is 6.24. The zero-order chi connectivity index (χ0) is 13.5. The third kappa shape index (κ3) is 4.75. The molecule has 2 rings (SSSR count). The number of benzene rings is 1. The van der Waals surface area contributed by atoms with E-state index in [4.69, 9.17) is 0 Å². The minimum atomic E-state index is -0.301. The topological polar surface area (TPSA) is 29.1 Å². The Hall–Kier alpha value is -1.22. The number of hydrogen-bond acceptors (Lipinski definition) is 2. The first-order valence-electron chi connectivity index (χ1n) is 7.28. The lowest BCUT2D eigenvalue weighted by Crippen LogP contribution is -2.34. The van der Waals surface area contributed by atoms with E-state index in [1.54, 1.807) is 12.1 Å². The van der Waals surface area contributed by atoms with Gasteiger partial charge in [0.25, 0.3) is 0 Å². The van der Waals surface area contributed by atoms with Crippen LogP contribution in [0.1, 0.15) is 55.3 Å². The van der Waals surface area contributed by atoms with Crippen LogP contribution in [0, 0.1) is 5.82 Å². The molecule has 1 aliphatic carbocycles. The van der Waals surface area contributed by atoms with Gasteiger partial charge in [-0.3, -0.25) is 4.79 Å². The van der Waals surface area contributed by atoms with Gasteiger partial charge in [-0.05, 0) is 37.1 Å². The zero-order valence-electron chi connectivity index (χ0n) is 11.3. The normalized spacial score (nSPS) is 17.7. The molecule has 0 unspecified atom stereocenters. The average molecular weight is 263 g/mol. The van der Waals surface area contributed by atoms with Crippen molar-refractivity contribution in [1.82, 2.24) is 5.32 Å². The van der Waals surface area contributed by atoms with Crippen molar-refractivity contribution in [3.05, 3.63) is 35.6 Å². The summed E-state index contributed by atoms with van der Waals surface area (Å²) < 4.78 is 12.8. The zero-order valence-corrected chi connectivity index (χ0v) is 11.3. The van der Waals surface area contributed by atoms with E-state index in [1.165, 1.54) is 44.2 Å². The first-order chi connectivity index (χ1) is 9.25. The summed E-state index contributed by atoms with van der Waals surface area (Å²) >= 11 is 0. The van der Waals surface area contributed by atoms with E-state index in [2.05, 4.69) is 5.32 Å². The summed E-state index contributed by atoms with van der Waals surface area (Å²) in [6.07, 6.45) is 8.80. The lowest BCUT2D eigenvalue weighted by atomic mass is 9.96. The average Bonchev–Trinajstić information content (AvgIpc) is 2.38. The molecule has 1 N–H and O–H groups in total. The molecule has 19 heavy (non-hydrogen) atoms. The van der Waals surface area contributed by atoms with E-state index < -0.39 is 0 Å². The number of carbonyl (C=O) groups is 1. The highest BCUT2D eigenvalue weighted by Crippen LogP contribution is 2.17. The van der Waals surface area contributed by atoms with Crippen LogP contribution in [0.2, 0.25) is 0 Å². The molecule has 0 spiro atoms. The van der Waals surface area contributed by atoms with Gasteiger partial charge in [-0.15, -0.1) is 0 Å². The van der Waals surface area contributed by atoms with Gasteiger partial charge >= 0.3 is 0 Å². The number of carbonyl (C=O) groups excluding carboxylic acids is 1. The third-order valence-electron chi connectivity index (χ3n) is 3.82. The summed E-state index contributed by atoms with van der Waals surface area (Å²) in [6.45, 7) is 0.357. The van der Waals surface area contributed by atoms with E-state index in [-0.39, 0.29) is 11.6 Å². The molecule has 1 saturated carbocycles. The molecule has 0 radical (unpaired) electrons. The molecular weight excluding hydrogens is 241 g/mol. The maximum atomic E-state index is 12.8. The van der Waals surface area contributed by atoms with Crippen LogP contribution in [0.25, 0.3) is 0 Å². The summed E-state index contributed by atoms with van der Waals surface area (Å²) in [4.78, 5) is 12.0. The minimum absolute atomic E-state index is 0.0436. The Morgan fingerprint density at radius 1 is 1.05 bits per heavy atom. The lowest BCUT2D eigenvalue weighted by molar-refractivity contribution is 0.0985. The van der Waals surface area contributed by atoms with Crippen molar-refractivity contribution >= 4 is 5.78 Å². The van der Waals surface area contributed by atoms with E-state index in [9.17, 15) is 9.18 Å². The molecule has 2 nitrogen and oxygen atoms in total. The van der Waals surface area contributed by atoms with Crippen LogP contribution in [0.5, 0.6) is 0 Å². The van der Waals surface area contributed by atoms with Crippen molar-refractivity contribution in [2.45, 2.75) is 51.0 Å². The monoisotopic (exact) mass is 263 g/mol. The van der Waals surface area contributed by atoms with Gasteiger partial charge in [0.15, 0.2) is 5.78 Å². The van der Waals surface area contributed by atoms with Gasteiger partial charge in [0.2, 0.25) is 0 Å². The highest BCUT2D eigenvalue weighted by Gasteiger charge is 2.13. The Bertz CT molecular complexity index is 394. The fourth-order valence-electron chi connectivity index (χ4n) is 2.64. The Kier molecular flexibility index (Phi) is 5.52.